The normalized spacial score (nSPS) is 10.2. The molecule has 6 heteroatoms. The molecule has 0 amide bonds. The van der Waals surface area contributed by atoms with Crippen molar-refractivity contribution >= 4 is 17.3 Å². The zero-order chi connectivity index (χ0) is 12.8. The van der Waals surface area contributed by atoms with Crippen LogP contribution in [0.3, 0.4) is 0 Å². The van der Waals surface area contributed by atoms with Crippen molar-refractivity contribution in [1.82, 2.24) is 0 Å². The summed E-state index contributed by atoms with van der Waals surface area (Å²) in [6, 6.07) is 2.20. The van der Waals surface area contributed by atoms with Crippen molar-refractivity contribution in [1.29, 1.82) is 0 Å². The van der Waals surface area contributed by atoms with Gasteiger partial charge in [-0.1, -0.05) is 0 Å². The molecule has 5 nitrogen and oxygen atoms in total. The molecule has 0 atom stereocenters. The molecule has 4 N–H and O–H groups in total. The highest BCUT2D eigenvalue weighted by atomic mass is 19.1. The van der Waals surface area contributed by atoms with Gasteiger partial charge < -0.3 is 20.9 Å². The van der Waals surface area contributed by atoms with E-state index in [0.717, 1.165) is 18.6 Å². The highest BCUT2D eigenvalue weighted by Crippen LogP contribution is 2.22. The van der Waals surface area contributed by atoms with Crippen molar-refractivity contribution in [2.75, 3.05) is 31.3 Å². The average molecular weight is 242 g/mol. The van der Waals surface area contributed by atoms with E-state index in [4.69, 9.17) is 15.6 Å². The number of aromatic carboxylic acids is 1. The molecular weight excluding hydrogens is 227 g/mol. The second kappa shape index (κ2) is 6.05. The molecule has 0 spiro atoms. The summed E-state index contributed by atoms with van der Waals surface area (Å²) in [5.41, 5.74) is 5.79. The number of hydrogen-bond acceptors (Lipinski definition) is 4. The number of rotatable bonds is 6. The Labute approximate surface area is 98.4 Å². The topological polar surface area (TPSA) is 84.6 Å². The van der Waals surface area contributed by atoms with E-state index in [9.17, 15) is 9.18 Å². The monoisotopic (exact) mass is 242 g/mol. The van der Waals surface area contributed by atoms with Crippen LogP contribution in [0, 0.1) is 5.82 Å². The molecule has 94 valence electrons. The van der Waals surface area contributed by atoms with Crippen LogP contribution in [0.25, 0.3) is 0 Å². The third-order valence-electron chi connectivity index (χ3n) is 2.21. The first-order chi connectivity index (χ1) is 8.06. The molecule has 1 aromatic rings. The van der Waals surface area contributed by atoms with Gasteiger partial charge in [0.1, 0.15) is 5.82 Å². The summed E-state index contributed by atoms with van der Waals surface area (Å²) >= 11 is 0. The van der Waals surface area contributed by atoms with Crippen LogP contribution in [-0.4, -0.2) is 31.3 Å². The van der Waals surface area contributed by atoms with Crippen LogP contribution in [0.5, 0.6) is 0 Å². The molecule has 0 aliphatic rings. The Bertz CT molecular complexity index is 410. The molecule has 0 saturated carbocycles. The molecule has 1 aromatic carbocycles. The van der Waals surface area contributed by atoms with Gasteiger partial charge >= 0.3 is 5.97 Å². The van der Waals surface area contributed by atoms with Gasteiger partial charge in [0.25, 0.3) is 0 Å². The number of methoxy groups -OCH3 is 1. The first kappa shape index (κ1) is 13.2. The number of hydrogen-bond donors (Lipinski definition) is 3. The molecule has 1 rings (SSSR count). The van der Waals surface area contributed by atoms with Gasteiger partial charge in [-0.05, 0) is 18.6 Å². The summed E-state index contributed by atoms with van der Waals surface area (Å²) in [6.07, 6.45) is 0.748. The Morgan fingerprint density at radius 1 is 1.59 bits per heavy atom. The van der Waals surface area contributed by atoms with Crippen LogP contribution in [0.2, 0.25) is 0 Å². The fraction of sp³-hybridized carbons (Fsp3) is 0.364. The number of carbonyl (C=O) groups is 1. The second-order valence-corrected chi connectivity index (χ2v) is 3.50. The molecule has 0 saturated heterocycles. The highest BCUT2D eigenvalue weighted by molar-refractivity contribution is 5.90. The zero-order valence-electron chi connectivity index (χ0n) is 9.50. The summed E-state index contributed by atoms with van der Waals surface area (Å²) in [4.78, 5) is 10.7. The van der Waals surface area contributed by atoms with Crippen molar-refractivity contribution in [3.05, 3.63) is 23.5 Å². The Hall–Kier alpha value is -1.82. The number of nitrogen functional groups attached to an aromatic ring is 1. The predicted molar refractivity (Wildman–Crippen MR) is 62.8 cm³/mol. The molecule has 0 radical (unpaired) electrons. The van der Waals surface area contributed by atoms with E-state index >= 15 is 0 Å². The van der Waals surface area contributed by atoms with Crippen molar-refractivity contribution in [3.8, 4) is 0 Å². The van der Waals surface area contributed by atoms with Crippen molar-refractivity contribution in [3.63, 3.8) is 0 Å². The van der Waals surface area contributed by atoms with Gasteiger partial charge in [0, 0.05) is 20.3 Å². The number of carboxylic acids is 1. The number of benzene rings is 1. The molecule has 0 heterocycles. The van der Waals surface area contributed by atoms with E-state index in [1.54, 1.807) is 7.11 Å². The van der Waals surface area contributed by atoms with Gasteiger partial charge in [-0.2, -0.15) is 0 Å². The lowest BCUT2D eigenvalue weighted by Gasteiger charge is -2.10. The highest BCUT2D eigenvalue weighted by Gasteiger charge is 2.13. The lowest BCUT2D eigenvalue weighted by molar-refractivity contribution is 0.0692. The fourth-order valence-electron chi connectivity index (χ4n) is 1.35. The minimum Gasteiger partial charge on any atom is -0.478 e. The minimum atomic E-state index is -1.33. The maximum absolute atomic E-state index is 13.4. The smallest absolute Gasteiger partial charge is 0.338 e. The van der Waals surface area contributed by atoms with Crippen LogP contribution < -0.4 is 11.1 Å². The van der Waals surface area contributed by atoms with Gasteiger partial charge in [-0.3, -0.25) is 0 Å². The molecular formula is C11H15FN2O3. The van der Waals surface area contributed by atoms with E-state index in [2.05, 4.69) is 5.32 Å². The number of ether oxygens (including phenoxy) is 1. The fourth-order valence-corrected chi connectivity index (χ4v) is 1.35. The number of nitrogens with two attached hydrogens (primary N) is 1. The Balaban J connectivity index is 2.74. The average Bonchev–Trinajstić information content (AvgIpc) is 2.28. The maximum Gasteiger partial charge on any atom is 0.338 e. The van der Waals surface area contributed by atoms with Crippen LogP contribution >= 0.6 is 0 Å². The van der Waals surface area contributed by atoms with Crippen molar-refractivity contribution in [2.24, 2.45) is 0 Å². The molecule has 0 fully saturated rings. The summed E-state index contributed by atoms with van der Waals surface area (Å²) in [7, 11) is 1.59. The van der Waals surface area contributed by atoms with Gasteiger partial charge in [0.2, 0.25) is 0 Å². The third-order valence-corrected chi connectivity index (χ3v) is 2.21. The Kier molecular flexibility index (Phi) is 4.71. The van der Waals surface area contributed by atoms with Gasteiger partial charge in [-0.15, -0.1) is 0 Å². The maximum atomic E-state index is 13.4. The zero-order valence-corrected chi connectivity index (χ0v) is 9.50. The minimum absolute atomic E-state index is 0.209. The van der Waals surface area contributed by atoms with Crippen LogP contribution in [-0.2, 0) is 4.74 Å². The third kappa shape index (κ3) is 3.60. The van der Waals surface area contributed by atoms with Gasteiger partial charge in [-0.25, -0.2) is 9.18 Å². The molecule has 0 bridgehead atoms. The lowest BCUT2D eigenvalue weighted by atomic mass is 10.1. The van der Waals surface area contributed by atoms with Crippen LogP contribution in [0.1, 0.15) is 16.8 Å². The summed E-state index contributed by atoms with van der Waals surface area (Å²) < 4.78 is 18.2. The summed E-state index contributed by atoms with van der Waals surface area (Å²) in [6.45, 7) is 1.16. The van der Waals surface area contributed by atoms with E-state index in [1.807, 2.05) is 0 Å². The van der Waals surface area contributed by atoms with E-state index in [1.165, 1.54) is 0 Å². The first-order valence-electron chi connectivity index (χ1n) is 5.11. The van der Waals surface area contributed by atoms with E-state index in [-0.39, 0.29) is 5.69 Å². The lowest BCUT2D eigenvalue weighted by Crippen LogP contribution is -2.09. The molecule has 0 aliphatic carbocycles. The molecule has 0 aromatic heterocycles. The van der Waals surface area contributed by atoms with E-state index in [0.29, 0.717) is 18.8 Å². The summed E-state index contributed by atoms with van der Waals surface area (Å²) in [5, 5.41) is 11.6. The van der Waals surface area contributed by atoms with Crippen LogP contribution in [0.15, 0.2) is 12.1 Å². The first-order valence-corrected chi connectivity index (χ1v) is 5.11. The van der Waals surface area contributed by atoms with Crippen LogP contribution in [0.4, 0.5) is 15.8 Å². The largest absolute Gasteiger partial charge is 0.478 e. The molecule has 17 heavy (non-hydrogen) atoms. The predicted octanol–water partition coefficient (Wildman–Crippen LogP) is 1.55. The Morgan fingerprint density at radius 2 is 2.29 bits per heavy atom. The van der Waals surface area contributed by atoms with Gasteiger partial charge in [0.05, 0.1) is 16.9 Å². The standard InChI is InChI=1S/C11H15FN2O3/c1-17-4-2-3-14-10-6-8(12)7(11(15)16)5-9(10)13/h5-6,14H,2-4,13H2,1H3,(H,15,16). The second-order valence-electron chi connectivity index (χ2n) is 3.50. The number of nitrogens with one attached hydrogen (secondary N) is 1. The number of anilines is 2. The van der Waals surface area contributed by atoms with E-state index < -0.39 is 17.3 Å². The Morgan fingerprint density at radius 3 is 2.88 bits per heavy atom. The van der Waals surface area contributed by atoms with Crippen molar-refractivity contribution in [2.45, 2.75) is 6.42 Å². The SMILES string of the molecule is COCCCNc1cc(F)c(C(=O)O)cc1N. The van der Waals surface area contributed by atoms with Crippen molar-refractivity contribution < 1.29 is 19.0 Å². The summed E-state index contributed by atoms with van der Waals surface area (Å²) in [5.74, 6) is -2.14. The number of halogens is 1. The quantitative estimate of drug-likeness (QED) is 0.520. The number of carboxylic acid groups (broad SMARTS) is 1. The van der Waals surface area contributed by atoms with Gasteiger partial charge in [0.15, 0.2) is 0 Å². The molecule has 0 unspecified atom stereocenters. The molecule has 0 aliphatic heterocycles.